The van der Waals surface area contributed by atoms with Gasteiger partial charge >= 0.3 is 34.5 Å². The van der Waals surface area contributed by atoms with Crippen molar-refractivity contribution in [2.24, 2.45) is 0 Å². The van der Waals surface area contributed by atoms with E-state index in [2.05, 4.69) is 51.3 Å². The first kappa shape index (κ1) is 41.0. The molecule has 0 aromatic rings. The number of unbranched alkanes of at least 4 members (excludes halogenated alkanes) is 12. The van der Waals surface area contributed by atoms with Gasteiger partial charge in [0.05, 0.1) is 0 Å². The van der Waals surface area contributed by atoms with Crippen LogP contribution < -0.4 is 0 Å². The third-order valence-electron chi connectivity index (χ3n) is 3.21. The molecule has 0 saturated heterocycles. The van der Waals surface area contributed by atoms with E-state index in [1.807, 2.05) is 0 Å². The SMILES string of the molecule is OP(O)(O)=S.OP(O)(O)=S.[CH2-]CCCCCCCC.[CH2-]CCCCCCCC.[Mo+2]. The van der Waals surface area contributed by atoms with Gasteiger partial charge in [-0.15, -0.1) is 0 Å². The summed E-state index contributed by atoms with van der Waals surface area (Å²) in [4.78, 5) is 45.3. The summed E-state index contributed by atoms with van der Waals surface area (Å²) >= 11 is 7.21. The molecule has 0 atom stereocenters. The van der Waals surface area contributed by atoms with Crippen molar-refractivity contribution in [2.75, 3.05) is 0 Å². The third-order valence-corrected chi connectivity index (χ3v) is 3.21. The quantitative estimate of drug-likeness (QED) is 0.0776. The van der Waals surface area contributed by atoms with Crippen LogP contribution in [0.15, 0.2) is 0 Å². The van der Waals surface area contributed by atoms with Gasteiger partial charge in [0.25, 0.3) is 0 Å². The van der Waals surface area contributed by atoms with E-state index in [1.165, 1.54) is 77.0 Å². The minimum Gasteiger partial charge on any atom is -0.343 e. The molecule has 0 aliphatic rings. The van der Waals surface area contributed by atoms with Crippen molar-refractivity contribution >= 4 is 37.1 Å². The molecule has 0 bridgehead atoms. The van der Waals surface area contributed by atoms with Crippen LogP contribution in [-0.4, -0.2) is 29.4 Å². The second-order valence-corrected chi connectivity index (χ2v) is 11.3. The molecule has 0 aromatic carbocycles. The molecule has 0 unspecified atom stereocenters. The number of hydrogen-bond acceptors (Lipinski definition) is 2. The van der Waals surface area contributed by atoms with Gasteiger partial charge in [-0.25, -0.2) is 0 Å². The van der Waals surface area contributed by atoms with Crippen LogP contribution in [0.25, 0.3) is 0 Å². The fourth-order valence-corrected chi connectivity index (χ4v) is 1.91. The van der Waals surface area contributed by atoms with Crippen LogP contribution >= 0.6 is 13.4 Å². The Hall–Kier alpha value is 1.75. The molecule has 29 heavy (non-hydrogen) atoms. The van der Waals surface area contributed by atoms with E-state index >= 15 is 0 Å². The first-order valence-corrected chi connectivity index (χ1v) is 15.3. The zero-order chi connectivity index (χ0) is 22.9. The zero-order valence-electron chi connectivity index (χ0n) is 18.1. The molecule has 0 radical (unpaired) electrons. The zero-order valence-corrected chi connectivity index (χ0v) is 23.5. The fraction of sp³-hybridized carbons (Fsp3) is 0.889. The Bertz CT molecular complexity index is 306. The molecule has 6 nitrogen and oxygen atoms in total. The van der Waals surface area contributed by atoms with Crippen molar-refractivity contribution in [2.45, 2.75) is 104 Å². The first-order valence-electron chi connectivity index (χ1n) is 9.98. The van der Waals surface area contributed by atoms with E-state index in [-0.39, 0.29) is 21.1 Å². The van der Waals surface area contributed by atoms with E-state index < -0.39 is 13.4 Å². The third kappa shape index (κ3) is 121. The Morgan fingerprint density at radius 3 is 0.862 bits per heavy atom. The Labute approximate surface area is 204 Å². The van der Waals surface area contributed by atoms with Gasteiger partial charge in [0, 0.05) is 0 Å². The minimum atomic E-state index is -3.81. The number of rotatable bonds is 12. The maximum absolute atomic E-state index is 7.56. The minimum absolute atomic E-state index is 0. The Morgan fingerprint density at radius 2 is 0.690 bits per heavy atom. The van der Waals surface area contributed by atoms with Crippen LogP contribution in [-0.2, 0) is 44.7 Å². The summed E-state index contributed by atoms with van der Waals surface area (Å²) in [6, 6.07) is 0. The summed E-state index contributed by atoms with van der Waals surface area (Å²) in [5.74, 6) is 0. The molecule has 180 valence electrons. The molecule has 0 rings (SSSR count). The van der Waals surface area contributed by atoms with Crippen LogP contribution in [0.3, 0.4) is 0 Å². The van der Waals surface area contributed by atoms with Crippen LogP contribution in [0, 0.1) is 13.8 Å². The van der Waals surface area contributed by atoms with Crippen molar-refractivity contribution < 1.29 is 50.4 Å². The summed E-state index contributed by atoms with van der Waals surface area (Å²) in [6.07, 6.45) is 18.9. The second kappa shape index (κ2) is 31.9. The fourth-order valence-electron chi connectivity index (χ4n) is 1.91. The Balaban J connectivity index is -0.0000000907. The van der Waals surface area contributed by atoms with Crippen molar-refractivity contribution in [3.63, 3.8) is 0 Å². The van der Waals surface area contributed by atoms with Crippen molar-refractivity contribution in [1.29, 1.82) is 0 Å². The van der Waals surface area contributed by atoms with Crippen LogP contribution in [0.2, 0.25) is 0 Å². The average Bonchev–Trinajstić information content (AvgIpc) is 2.52. The molecule has 0 spiro atoms. The standard InChI is InChI=1S/2C9H19.Mo.2H3O3PS/c2*1-3-5-7-9-8-6-4-2;;2*1-4(2,3)5/h2*1,3-9H2,2H3;;2*(H3,1,2,3,5)/q2*-1;+2;;. The largest absolute Gasteiger partial charge is 2.00 e. The van der Waals surface area contributed by atoms with Gasteiger partial charge in [-0.05, 0) is 23.6 Å². The van der Waals surface area contributed by atoms with E-state index in [9.17, 15) is 0 Å². The van der Waals surface area contributed by atoms with Crippen molar-refractivity contribution in [3.05, 3.63) is 13.8 Å². The Kier molecular flexibility index (Phi) is 45.2. The maximum atomic E-state index is 7.56. The second-order valence-electron chi connectivity index (χ2n) is 6.27. The summed E-state index contributed by atoms with van der Waals surface area (Å²) in [5.41, 5.74) is 0. The van der Waals surface area contributed by atoms with Crippen LogP contribution in [0.4, 0.5) is 0 Å². The molecular weight excluding hydrogens is 534 g/mol. The molecule has 0 amide bonds. The van der Waals surface area contributed by atoms with Gasteiger partial charge in [0.1, 0.15) is 0 Å². The smallest absolute Gasteiger partial charge is 0.343 e. The molecular formula is C18H44MoO6P2S2. The number of hydrogen-bond donors (Lipinski definition) is 6. The molecule has 0 aromatic heterocycles. The average molecular weight is 579 g/mol. The normalized spacial score (nSPS) is 10.3. The van der Waals surface area contributed by atoms with Gasteiger partial charge in [0.2, 0.25) is 0 Å². The van der Waals surface area contributed by atoms with Gasteiger partial charge < -0.3 is 43.2 Å². The summed E-state index contributed by atoms with van der Waals surface area (Å²) in [7, 11) is 0. The van der Waals surface area contributed by atoms with Gasteiger partial charge in [-0.3, -0.25) is 0 Å². The Morgan fingerprint density at radius 1 is 0.517 bits per heavy atom. The molecule has 0 saturated carbocycles. The predicted molar refractivity (Wildman–Crippen MR) is 129 cm³/mol. The molecule has 0 heterocycles. The topological polar surface area (TPSA) is 121 Å². The van der Waals surface area contributed by atoms with E-state index in [0.717, 1.165) is 12.8 Å². The van der Waals surface area contributed by atoms with Crippen LogP contribution in [0.5, 0.6) is 0 Å². The summed E-state index contributed by atoms with van der Waals surface area (Å²) < 4.78 is 0. The maximum Gasteiger partial charge on any atom is 2.00 e. The molecule has 6 N–H and O–H groups in total. The molecule has 0 fully saturated rings. The molecule has 0 aliphatic heterocycles. The van der Waals surface area contributed by atoms with Gasteiger partial charge in [0.15, 0.2) is 0 Å². The monoisotopic (exact) mass is 580 g/mol. The van der Waals surface area contributed by atoms with Gasteiger partial charge in [-0.1, -0.05) is 90.9 Å². The van der Waals surface area contributed by atoms with Crippen molar-refractivity contribution in [1.82, 2.24) is 0 Å². The molecule has 11 heteroatoms. The van der Waals surface area contributed by atoms with Crippen LogP contribution in [0.1, 0.15) is 104 Å². The van der Waals surface area contributed by atoms with E-state index in [0.29, 0.717) is 0 Å². The van der Waals surface area contributed by atoms with Crippen molar-refractivity contribution in [3.8, 4) is 0 Å². The first-order chi connectivity index (χ1) is 12.8. The predicted octanol–water partition coefficient (Wildman–Crippen LogP) is 5.52. The van der Waals surface area contributed by atoms with E-state index in [4.69, 9.17) is 29.4 Å². The molecule has 0 aliphatic carbocycles. The summed E-state index contributed by atoms with van der Waals surface area (Å²) in [6.45, 7) is 4.50. The van der Waals surface area contributed by atoms with E-state index in [1.54, 1.807) is 0 Å². The summed E-state index contributed by atoms with van der Waals surface area (Å²) in [5, 5.41) is 0. The van der Waals surface area contributed by atoms with Gasteiger partial charge in [-0.2, -0.15) is 12.8 Å².